The third-order valence-electron chi connectivity index (χ3n) is 2.85. The van der Waals surface area contributed by atoms with Gasteiger partial charge in [0.25, 0.3) is 5.91 Å². The van der Waals surface area contributed by atoms with Crippen LogP contribution in [0.4, 0.5) is 0 Å². The quantitative estimate of drug-likeness (QED) is 0.739. The zero-order valence-corrected chi connectivity index (χ0v) is 13.4. The Bertz CT molecular complexity index is 420. The molecule has 0 aliphatic carbocycles. The lowest BCUT2D eigenvalue weighted by molar-refractivity contribution is 0.0705. The second-order valence-corrected chi connectivity index (χ2v) is 5.89. The van der Waals surface area contributed by atoms with E-state index in [9.17, 15) is 4.79 Å². The van der Waals surface area contributed by atoms with E-state index in [4.69, 9.17) is 11.6 Å². The van der Waals surface area contributed by atoms with Gasteiger partial charge in [0.05, 0.1) is 0 Å². The van der Waals surface area contributed by atoms with Crippen LogP contribution < -0.4 is 0 Å². The molecular formula is C14H19BrClNO. The van der Waals surface area contributed by atoms with E-state index < -0.39 is 0 Å². The molecule has 1 rings (SSSR count). The summed E-state index contributed by atoms with van der Waals surface area (Å²) in [5.74, 6) is 0.655. The summed E-state index contributed by atoms with van der Waals surface area (Å²) >= 11 is 9.12. The smallest absolute Gasteiger partial charge is 0.254 e. The number of carbonyl (C=O) groups is 1. The Morgan fingerprint density at radius 2 is 2.11 bits per heavy atom. The zero-order valence-electron chi connectivity index (χ0n) is 11.0. The lowest BCUT2D eigenvalue weighted by atomic mass is 10.1. The summed E-state index contributed by atoms with van der Waals surface area (Å²) in [6.45, 7) is 6.71. The van der Waals surface area contributed by atoms with Crippen LogP contribution in [-0.2, 0) is 0 Å². The summed E-state index contributed by atoms with van der Waals surface area (Å²) in [5, 5.41) is 0. The number of carbonyl (C=O) groups excluding carboxylic acids is 1. The highest BCUT2D eigenvalue weighted by Crippen LogP contribution is 2.19. The van der Waals surface area contributed by atoms with Crippen molar-refractivity contribution >= 4 is 33.4 Å². The predicted octanol–water partition coefficient (Wildman–Crippen LogP) is 4.24. The van der Waals surface area contributed by atoms with Gasteiger partial charge in [-0.2, -0.15) is 0 Å². The number of rotatable bonds is 5. The summed E-state index contributed by atoms with van der Waals surface area (Å²) in [6, 6.07) is 5.97. The van der Waals surface area contributed by atoms with Gasteiger partial charge >= 0.3 is 0 Å². The van der Waals surface area contributed by atoms with Gasteiger partial charge in [-0.05, 0) is 44.9 Å². The second-order valence-electron chi connectivity index (χ2n) is 4.59. The fraction of sp³-hybridized carbons (Fsp3) is 0.500. The van der Waals surface area contributed by atoms with E-state index >= 15 is 0 Å². The molecule has 0 fully saturated rings. The first-order chi connectivity index (χ1) is 8.47. The number of benzene rings is 1. The Balaban J connectivity index is 2.98. The fourth-order valence-corrected chi connectivity index (χ4v) is 2.28. The van der Waals surface area contributed by atoms with Gasteiger partial charge in [-0.1, -0.05) is 22.0 Å². The van der Waals surface area contributed by atoms with Crippen LogP contribution in [-0.4, -0.2) is 29.3 Å². The summed E-state index contributed by atoms with van der Waals surface area (Å²) < 4.78 is 0.928. The number of amides is 1. The standard InChI is InChI=1S/C14H19BrClNO/c1-10(2)17(8-4-7-16)14(18)13-9-12(15)6-5-11(13)3/h5-6,9-10H,4,7-8H2,1-3H3. The van der Waals surface area contributed by atoms with E-state index in [-0.39, 0.29) is 11.9 Å². The van der Waals surface area contributed by atoms with Gasteiger partial charge in [0.2, 0.25) is 0 Å². The molecule has 0 unspecified atom stereocenters. The van der Waals surface area contributed by atoms with Crippen LogP contribution in [0.5, 0.6) is 0 Å². The first-order valence-electron chi connectivity index (χ1n) is 6.10. The van der Waals surface area contributed by atoms with Crippen molar-refractivity contribution < 1.29 is 4.79 Å². The molecule has 1 aromatic rings. The van der Waals surface area contributed by atoms with E-state index in [2.05, 4.69) is 15.9 Å². The summed E-state index contributed by atoms with van der Waals surface area (Å²) in [6.07, 6.45) is 0.818. The van der Waals surface area contributed by atoms with Crippen LogP contribution in [0.25, 0.3) is 0 Å². The molecule has 0 atom stereocenters. The molecule has 0 heterocycles. The van der Waals surface area contributed by atoms with E-state index in [0.29, 0.717) is 12.4 Å². The maximum absolute atomic E-state index is 12.5. The van der Waals surface area contributed by atoms with Crippen molar-refractivity contribution in [3.8, 4) is 0 Å². The van der Waals surface area contributed by atoms with E-state index in [1.54, 1.807) is 0 Å². The average molecular weight is 333 g/mol. The summed E-state index contributed by atoms with van der Waals surface area (Å²) in [7, 11) is 0. The number of hydrogen-bond donors (Lipinski definition) is 0. The maximum atomic E-state index is 12.5. The molecule has 2 nitrogen and oxygen atoms in total. The Morgan fingerprint density at radius 1 is 1.44 bits per heavy atom. The van der Waals surface area contributed by atoms with E-state index in [0.717, 1.165) is 22.0 Å². The third-order valence-corrected chi connectivity index (χ3v) is 3.61. The van der Waals surface area contributed by atoms with Crippen LogP contribution in [0, 0.1) is 6.92 Å². The number of halogens is 2. The van der Waals surface area contributed by atoms with Gasteiger partial charge in [-0.25, -0.2) is 0 Å². The minimum absolute atomic E-state index is 0.0777. The Labute approximate surface area is 122 Å². The van der Waals surface area contributed by atoms with Crippen LogP contribution >= 0.6 is 27.5 Å². The largest absolute Gasteiger partial charge is 0.336 e. The molecule has 0 aliphatic rings. The highest BCUT2D eigenvalue weighted by Gasteiger charge is 2.19. The van der Waals surface area contributed by atoms with Crippen molar-refractivity contribution in [3.05, 3.63) is 33.8 Å². The highest BCUT2D eigenvalue weighted by atomic mass is 79.9. The number of aryl methyl sites for hydroxylation is 1. The monoisotopic (exact) mass is 331 g/mol. The Morgan fingerprint density at radius 3 is 2.67 bits per heavy atom. The molecule has 0 saturated carbocycles. The van der Waals surface area contributed by atoms with Crippen molar-refractivity contribution in [2.24, 2.45) is 0 Å². The van der Waals surface area contributed by atoms with Crippen LogP contribution in [0.3, 0.4) is 0 Å². The van der Waals surface area contributed by atoms with Crippen molar-refractivity contribution in [1.29, 1.82) is 0 Å². The molecular weight excluding hydrogens is 314 g/mol. The second kappa shape index (κ2) is 7.15. The van der Waals surface area contributed by atoms with Gasteiger partial charge in [-0.15, -0.1) is 11.6 Å². The van der Waals surface area contributed by atoms with Gasteiger partial charge in [-0.3, -0.25) is 4.79 Å². The fourth-order valence-electron chi connectivity index (χ4n) is 1.80. The minimum Gasteiger partial charge on any atom is -0.336 e. The van der Waals surface area contributed by atoms with Crippen molar-refractivity contribution in [2.45, 2.75) is 33.2 Å². The van der Waals surface area contributed by atoms with Crippen LogP contribution in [0.1, 0.15) is 36.2 Å². The molecule has 1 aromatic carbocycles. The Hall–Kier alpha value is -0.540. The zero-order chi connectivity index (χ0) is 13.7. The highest BCUT2D eigenvalue weighted by molar-refractivity contribution is 9.10. The molecule has 0 N–H and O–H groups in total. The van der Waals surface area contributed by atoms with Crippen molar-refractivity contribution in [3.63, 3.8) is 0 Å². The predicted molar refractivity (Wildman–Crippen MR) is 80.4 cm³/mol. The van der Waals surface area contributed by atoms with Gasteiger partial charge < -0.3 is 4.90 Å². The van der Waals surface area contributed by atoms with Crippen molar-refractivity contribution in [2.75, 3.05) is 12.4 Å². The van der Waals surface area contributed by atoms with E-state index in [1.807, 2.05) is 43.9 Å². The molecule has 0 bridgehead atoms. The van der Waals surface area contributed by atoms with Crippen molar-refractivity contribution in [1.82, 2.24) is 4.90 Å². The van der Waals surface area contributed by atoms with Gasteiger partial charge in [0.1, 0.15) is 0 Å². The molecule has 1 amide bonds. The molecule has 4 heteroatoms. The first-order valence-corrected chi connectivity index (χ1v) is 7.43. The first kappa shape index (κ1) is 15.5. The molecule has 100 valence electrons. The van der Waals surface area contributed by atoms with E-state index in [1.165, 1.54) is 0 Å². The normalized spacial score (nSPS) is 10.8. The lowest BCUT2D eigenvalue weighted by Crippen LogP contribution is -2.38. The number of hydrogen-bond acceptors (Lipinski definition) is 1. The molecule has 0 aliphatic heterocycles. The Kier molecular flexibility index (Phi) is 6.16. The molecule has 18 heavy (non-hydrogen) atoms. The van der Waals surface area contributed by atoms with Crippen LogP contribution in [0.2, 0.25) is 0 Å². The maximum Gasteiger partial charge on any atom is 0.254 e. The summed E-state index contributed by atoms with van der Waals surface area (Å²) in [5.41, 5.74) is 1.76. The minimum atomic E-state index is 0.0777. The van der Waals surface area contributed by atoms with Gasteiger partial charge in [0.15, 0.2) is 0 Å². The molecule has 0 radical (unpaired) electrons. The molecule has 0 aromatic heterocycles. The SMILES string of the molecule is Cc1ccc(Br)cc1C(=O)N(CCCCl)C(C)C. The average Bonchev–Trinajstić information content (AvgIpc) is 2.32. The molecule has 0 spiro atoms. The number of alkyl halides is 1. The third kappa shape index (κ3) is 3.99. The summed E-state index contributed by atoms with van der Waals surface area (Å²) in [4.78, 5) is 14.4. The lowest BCUT2D eigenvalue weighted by Gasteiger charge is -2.27. The number of nitrogens with zero attached hydrogens (tertiary/aromatic N) is 1. The molecule has 0 saturated heterocycles. The van der Waals surface area contributed by atoms with Crippen LogP contribution in [0.15, 0.2) is 22.7 Å². The van der Waals surface area contributed by atoms with Gasteiger partial charge in [0, 0.05) is 28.5 Å². The topological polar surface area (TPSA) is 20.3 Å².